The summed E-state index contributed by atoms with van der Waals surface area (Å²) in [6.07, 6.45) is 6.71. The Hall–Kier alpha value is -2.74. The fourth-order valence-electron chi connectivity index (χ4n) is 3.70. The highest BCUT2D eigenvalue weighted by atomic mass is 35.5. The average Bonchev–Trinajstić information content (AvgIpc) is 3.08. The Kier molecular flexibility index (Phi) is 5.13. The summed E-state index contributed by atoms with van der Waals surface area (Å²) < 4.78 is 28.4. The molecule has 0 spiro atoms. The van der Waals surface area contributed by atoms with Gasteiger partial charge in [-0.25, -0.2) is 18.7 Å². The van der Waals surface area contributed by atoms with Crippen LogP contribution in [0.15, 0.2) is 24.5 Å². The van der Waals surface area contributed by atoms with E-state index in [1.807, 2.05) is 0 Å². The zero-order valence-electron chi connectivity index (χ0n) is 14.8. The highest BCUT2D eigenvalue weighted by molar-refractivity contribution is 6.31. The third-order valence-corrected chi connectivity index (χ3v) is 5.23. The van der Waals surface area contributed by atoms with Gasteiger partial charge in [-0.2, -0.15) is 0 Å². The van der Waals surface area contributed by atoms with Crippen molar-refractivity contribution in [3.05, 3.63) is 41.2 Å². The standard InChI is InChI=1S/C19H18ClF2N5O/c20-10-4-13-14(7-23-17(13)15(21)5-10)18-24-8-16(22)19(27-18)26-12-3-1-2-11(6-12)25-9-28/h4-5,7-9,11-12,23H,1-3,6H2,(H,25,28)(H,24,26,27)/t11-,12+/m1/s1. The molecule has 9 heteroatoms. The van der Waals surface area contributed by atoms with E-state index in [1.54, 1.807) is 12.3 Å². The van der Waals surface area contributed by atoms with Crippen LogP contribution in [-0.2, 0) is 4.79 Å². The molecule has 1 aliphatic carbocycles. The minimum Gasteiger partial charge on any atom is -0.365 e. The first kappa shape index (κ1) is 18.6. The predicted molar refractivity (Wildman–Crippen MR) is 103 cm³/mol. The van der Waals surface area contributed by atoms with Crippen LogP contribution >= 0.6 is 11.6 Å². The molecule has 4 rings (SSSR count). The highest BCUT2D eigenvalue weighted by Crippen LogP contribution is 2.31. The lowest BCUT2D eigenvalue weighted by atomic mass is 9.91. The molecule has 146 valence electrons. The van der Waals surface area contributed by atoms with E-state index in [4.69, 9.17) is 11.6 Å². The van der Waals surface area contributed by atoms with Crippen molar-refractivity contribution >= 4 is 34.7 Å². The molecule has 1 aliphatic rings. The Morgan fingerprint density at radius 1 is 1.21 bits per heavy atom. The number of amides is 1. The SMILES string of the molecule is O=CN[C@@H]1CCC[C@H](Nc2nc(-c3c[nH]c4c(F)cc(Cl)cc34)ncc2F)C1. The average molecular weight is 406 g/mol. The number of aromatic amines is 1. The second kappa shape index (κ2) is 7.71. The molecule has 2 heterocycles. The van der Waals surface area contributed by atoms with Gasteiger partial charge in [-0.1, -0.05) is 11.6 Å². The van der Waals surface area contributed by atoms with E-state index in [-0.39, 0.29) is 34.3 Å². The molecule has 2 atom stereocenters. The zero-order valence-corrected chi connectivity index (χ0v) is 15.6. The van der Waals surface area contributed by atoms with Gasteiger partial charge in [0, 0.05) is 34.3 Å². The van der Waals surface area contributed by atoms with Crippen LogP contribution in [-0.4, -0.2) is 33.4 Å². The van der Waals surface area contributed by atoms with Gasteiger partial charge >= 0.3 is 0 Å². The Bertz CT molecular complexity index is 1020. The monoisotopic (exact) mass is 405 g/mol. The van der Waals surface area contributed by atoms with Crippen molar-refractivity contribution in [2.45, 2.75) is 37.8 Å². The summed E-state index contributed by atoms with van der Waals surface area (Å²) in [7, 11) is 0. The Morgan fingerprint density at radius 2 is 2.04 bits per heavy atom. The van der Waals surface area contributed by atoms with Crippen LogP contribution in [0, 0.1) is 11.6 Å². The molecule has 1 amide bonds. The number of carbonyl (C=O) groups is 1. The number of carbonyl (C=O) groups excluding carboxylic acids is 1. The van der Waals surface area contributed by atoms with Gasteiger partial charge in [-0.05, 0) is 37.8 Å². The second-order valence-corrected chi connectivity index (χ2v) is 7.33. The van der Waals surface area contributed by atoms with E-state index in [2.05, 4.69) is 25.6 Å². The van der Waals surface area contributed by atoms with Gasteiger partial charge in [-0.3, -0.25) is 4.79 Å². The van der Waals surface area contributed by atoms with Crippen molar-refractivity contribution in [3.8, 4) is 11.4 Å². The quantitative estimate of drug-likeness (QED) is 0.560. The molecule has 3 N–H and O–H groups in total. The lowest BCUT2D eigenvalue weighted by Crippen LogP contribution is -2.38. The van der Waals surface area contributed by atoms with Crippen LogP contribution < -0.4 is 10.6 Å². The molecular weight excluding hydrogens is 388 g/mol. The molecular formula is C19H18ClF2N5O. The zero-order chi connectivity index (χ0) is 19.7. The van der Waals surface area contributed by atoms with E-state index in [9.17, 15) is 13.6 Å². The number of benzene rings is 1. The molecule has 1 saturated carbocycles. The number of nitrogens with one attached hydrogen (secondary N) is 3. The molecule has 28 heavy (non-hydrogen) atoms. The minimum absolute atomic E-state index is 0.0155. The molecule has 0 unspecified atom stereocenters. The Labute approximate surface area is 164 Å². The van der Waals surface area contributed by atoms with Gasteiger partial charge in [0.15, 0.2) is 17.5 Å². The number of halogens is 3. The third-order valence-electron chi connectivity index (χ3n) is 5.01. The highest BCUT2D eigenvalue weighted by Gasteiger charge is 2.23. The van der Waals surface area contributed by atoms with Crippen LogP contribution in [0.3, 0.4) is 0 Å². The topological polar surface area (TPSA) is 82.7 Å². The van der Waals surface area contributed by atoms with Crippen molar-refractivity contribution in [3.63, 3.8) is 0 Å². The van der Waals surface area contributed by atoms with Crippen LogP contribution in [0.1, 0.15) is 25.7 Å². The van der Waals surface area contributed by atoms with Gasteiger partial charge in [0.25, 0.3) is 0 Å². The van der Waals surface area contributed by atoms with Crippen molar-refractivity contribution in [1.82, 2.24) is 20.3 Å². The first-order chi connectivity index (χ1) is 13.5. The summed E-state index contributed by atoms with van der Waals surface area (Å²) >= 11 is 5.97. The maximum Gasteiger partial charge on any atom is 0.207 e. The van der Waals surface area contributed by atoms with E-state index >= 15 is 0 Å². The lowest BCUT2D eigenvalue weighted by molar-refractivity contribution is -0.110. The number of hydrogen-bond donors (Lipinski definition) is 3. The lowest BCUT2D eigenvalue weighted by Gasteiger charge is -2.29. The van der Waals surface area contributed by atoms with E-state index in [0.717, 1.165) is 25.5 Å². The predicted octanol–water partition coefficient (Wildman–Crippen LogP) is 4.03. The molecule has 1 fully saturated rings. The Morgan fingerprint density at radius 3 is 2.86 bits per heavy atom. The van der Waals surface area contributed by atoms with E-state index in [0.29, 0.717) is 23.8 Å². The number of rotatable bonds is 5. The summed E-state index contributed by atoms with van der Waals surface area (Å²) in [4.78, 5) is 21.9. The molecule has 0 saturated heterocycles. The summed E-state index contributed by atoms with van der Waals surface area (Å²) in [5.41, 5.74) is 0.820. The van der Waals surface area contributed by atoms with E-state index in [1.165, 1.54) is 6.07 Å². The van der Waals surface area contributed by atoms with Gasteiger partial charge in [-0.15, -0.1) is 0 Å². The van der Waals surface area contributed by atoms with Gasteiger partial charge in [0.1, 0.15) is 5.82 Å². The first-order valence-corrected chi connectivity index (χ1v) is 9.38. The fraction of sp³-hybridized carbons (Fsp3) is 0.316. The molecule has 6 nitrogen and oxygen atoms in total. The van der Waals surface area contributed by atoms with Gasteiger partial charge in [0.2, 0.25) is 6.41 Å². The van der Waals surface area contributed by atoms with Crippen LogP contribution in [0.2, 0.25) is 5.02 Å². The number of nitrogens with zero attached hydrogens (tertiary/aromatic N) is 2. The van der Waals surface area contributed by atoms with Crippen molar-refractivity contribution in [2.75, 3.05) is 5.32 Å². The molecule has 3 aromatic rings. The maximum absolute atomic E-state index is 14.3. The van der Waals surface area contributed by atoms with E-state index < -0.39 is 11.6 Å². The normalized spacial score (nSPS) is 19.5. The molecule has 0 bridgehead atoms. The summed E-state index contributed by atoms with van der Waals surface area (Å²) in [6.45, 7) is 0. The number of fused-ring (bicyclic) bond motifs is 1. The second-order valence-electron chi connectivity index (χ2n) is 6.89. The van der Waals surface area contributed by atoms with Crippen molar-refractivity contribution < 1.29 is 13.6 Å². The van der Waals surface area contributed by atoms with Gasteiger partial charge < -0.3 is 15.6 Å². The molecule has 0 radical (unpaired) electrons. The third kappa shape index (κ3) is 3.64. The van der Waals surface area contributed by atoms with Crippen molar-refractivity contribution in [1.29, 1.82) is 0 Å². The first-order valence-electron chi connectivity index (χ1n) is 9.00. The fourth-order valence-corrected chi connectivity index (χ4v) is 3.90. The summed E-state index contributed by atoms with van der Waals surface area (Å²) in [5.74, 6) is -0.711. The maximum atomic E-state index is 14.3. The molecule has 1 aromatic carbocycles. The smallest absolute Gasteiger partial charge is 0.207 e. The number of aromatic nitrogens is 3. The number of H-pyrrole nitrogens is 1. The number of anilines is 1. The summed E-state index contributed by atoms with van der Waals surface area (Å²) in [6, 6.07) is 2.88. The number of hydrogen-bond acceptors (Lipinski definition) is 4. The van der Waals surface area contributed by atoms with Crippen LogP contribution in [0.5, 0.6) is 0 Å². The Balaban J connectivity index is 1.64. The van der Waals surface area contributed by atoms with Crippen LogP contribution in [0.4, 0.5) is 14.6 Å². The molecule has 2 aromatic heterocycles. The minimum atomic E-state index is -0.571. The van der Waals surface area contributed by atoms with Crippen LogP contribution in [0.25, 0.3) is 22.3 Å². The van der Waals surface area contributed by atoms with Gasteiger partial charge in [0.05, 0.1) is 11.7 Å². The summed E-state index contributed by atoms with van der Waals surface area (Å²) in [5, 5.41) is 6.67. The molecule has 0 aliphatic heterocycles. The largest absolute Gasteiger partial charge is 0.365 e. The van der Waals surface area contributed by atoms with Crippen molar-refractivity contribution in [2.24, 2.45) is 0 Å².